The van der Waals surface area contributed by atoms with E-state index in [-0.39, 0.29) is 10.6 Å². The molecule has 0 unspecified atom stereocenters. The summed E-state index contributed by atoms with van der Waals surface area (Å²) in [6, 6.07) is 5.77. The van der Waals surface area contributed by atoms with Gasteiger partial charge >= 0.3 is 5.97 Å². The first kappa shape index (κ1) is 15.4. The molecule has 0 aliphatic heterocycles. The molecule has 0 saturated heterocycles. The summed E-state index contributed by atoms with van der Waals surface area (Å²) in [5.74, 6) is -0.461. The zero-order chi connectivity index (χ0) is 14.3. The Morgan fingerprint density at radius 2 is 2.21 bits per heavy atom. The van der Waals surface area contributed by atoms with Crippen LogP contribution in [0.5, 0.6) is 5.75 Å². The van der Waals surface area contributed by atoms with E-state index >= 15 is 0 Å². The van der Waals surface area contributed by atoms with Crippen molar-refractivity contribution in [2.75, 3.05) is 6.54 Å². The molecule has 1 rings (SSSR count). The Kier molecular flexibility index (Phi) is 5.72. The van der Waals surface area contributed by atoms with Crippen LogP contribution in [-0.4, -0.2) is 20.9 Å². The lowest BCUT2D eigenvalue weighted by Crippen LogP contribution is -2.24. The van der Waals surface area contributed by atoms with E-state index in [1.165, 1.54) is 24.3 Å². The van der Waals surface area contributed by atoms with Crippen LogP contribution < -0.4 is 9.46 Å². The van der Waals surface area contributed by atoms with Crippen molar-refractivity contribution in [3.05, 3.63) is 36.9 Å². The van der Waals surface area contributed by atoms with Gasteiger partial charge in [0.05, 0.1) is 4.90 Å². The van der Waals surface area contributed by atoms with E-state index in [1.54, 1.807) is 0 Å². The van der Waals surface area contributed by atoms with Crippen molar-refractivity contribution in [2.24, 2.45) is 0 Å². The summed E-state index contributed by atoms with van der Waals surface area (Å²) < 4.78 is 31.2. The number of hydrogen-bond acceptors (Lipinski definition) is 4. The van der Waals surface area contributed by atoms with Crippen LogP contribution in [0.25, 0.3) is 0 Å². The van der Waals surface area contributed by atoms with Crippen LogP contribution in [0.3, 0.4) is 0 Å². The number of rotatable bonds is 7. The third kappa shape index (κ3) is 4.84. The molecule has 0 spiro atoms. The van der Waals surface area contributed by atoms with Crippen LogP contribution in [-0.2, 0) is 14.8 Å². The molecule has 0 aliphatic rings. The van der Waals surface area contributed by atoms with Crippen molar-refractivity contribution in [3.63, 3.8) is 0 Å². The summed E-state index contributed by atoms with van der Waals surface area (Å²) in [4.78, 5) is 11.1. The minimum atomic E-state index is -3.56. The number of sulfonamides is 1. The lowest BCUT2D eigenvalue weighted by atomic mass is 10.3. The summed E-state index contributed by atoms with van der Waals surface area (Å²) >= 11 is 0. The topological polar surface area (TPSA) is 72.5 Å². The molecular formula is C13H17NO4S. The van der Waals surface area contributed by atoms with Gasteiger partial charge in [0, 0.05) is 18.7 Å². The molecular weight excluding hydrogens is 266 g/mol. The highest BCUT2D eigenvalue weighted by Gasteiger charge is 2.14. The van der Waals surface area contributed by atoms with Crippen molar-refractivity contribution in [3.8, 4) is 5.75 Å². The number of unbranched alkanes of at least 4 members (excludes halogenated alkanes) is 1. The molecule has 6 heteroatoms. The molecule has 0 fully saturated rings. The number of carbonyl (C=O) groups is 1. The van der Waals surface area contributed by atoms with E-state index in [0.29, 0.717) is 6.54 Å². The van der Waals surface area contributed by atoms with Crippen LogP contribution in [0, 0.1) is 0 Å². The highest BCUT2D eigenvalue weighted by molar-refractivity contribution is 7.89. The first-order valence-corrected chi connectivity index (χ1v) is 7.42. The maximum Gasteiger partial charge on any atom is 0.335 e. The number of esters is 1. The molecule has 0 radical (unpaired) electrons. The van der Waals surface area contributed by atoms with E-state index in [2.05, 4.69) is 11.3 Å². The molecule has 1 N–H and O–H groups in total. The maximum atomic E-state index is 11.9. The number of carbonyl (C=O) groups excluding carboxylic acids is 1. The first-order chi connectivity index (χ1) is 8.99. The fourth-order valence-corrected chi connectivity index (χ4v) is 2.44. The molecule has 5 nitrogen and oxygen atoms in total. The maximum absolute atomic E-state index is 11.9. The zero-order valence-electron chi connectivity index (χ0n) is 10.8. The predicted molar refractivity (Wildman–Crippen MR) is 72.4 cm³/mol. The second-order valence-electron chi connectivity index (χ2n) is 3.85. The van der Waals surface area contributed by atoms with E-state index in [9.17, 15) is 13.2 Å². The standard InChI is InChI=1S/C13H17NO4S/c1-3-5-9-14-19(16,17)12-8-6-7-11(10-12)18-13(15)4-2/h4,6-8,10,14H,2-3,5,9H2,1H3. The molecule has 1 aromatic rings. The van der Waals surface area contributed by atoms with Gasteiger partial charge in [0.2, 0.25) is 10.0 Å². The van der Waals surface area contributed by atoms with Gasteiger partial charge in [-0.2, -0.15) is 0 Å². The molecule has 0 aromatic heterocycles. The Labute approximate surface area is 113 Å². The van der Waals surface area contributed by atoms with Gasteiger partial charge in [0.15, 0.2) is 0 Å². The van der Waals surface area contributed by atoms with E-state index < -0.39 is 16.0 Å². The Morgan fingerprint density at radius 3 is 2.84 bits per heavy atom. The van der Waals surface area contributed by atoms with Crippen LogP contribution in [0.1, 0.15) is 19.8 Å². The molecule has 1 aromatic carbocycles. The Hall–Kier alpha value is -1.66. The fourth-order valence-electron chi connectivity index (χ4n) is 1.33. The van der Waals surface area contributed by atoms with Gasteiger partial charge in [0.25, 0.3) is 0 Å². The lowest BCUT2D eigenvalue weighted by Gasteiger charge is -2.07. The quantitative estimate of drug-likeness (QED) is 0.359. The molecule has 0 saturated carbocycles. The number of nitrogens with one attached hydrogen (secondary N) is 1. The van der Waals surface area contributed by atoms with E-state index in [4.69, 9.17) is 4.74 Å². The second kappa shape index (κ2) is 7.06. The largest absolute Gasteiger partial charge is 0.423 e. The normalized spacial score (nSPS) is 11.0. The fraction of sp³-hybridized carbons (Fsp3) is 0.308. The van der Waals surface area contributed by atoms with Crippen LogP contribution in [0.4, 0.5) is 0 Å². The third-order valence-electron chi connectivity index (χ3n) is 2.32. The van der Waals surface area contributed by atoms with Crippen LogP contribution >= 0.6 is 0 Å². The molecule has 0 aliphatic carbocycles. The summed E-state index contributed by atoms with van der Waals surface area (Å²) in [6.45, 7) is 5.63. The molecule has 0 heterocycles. The highest BCUT2D eigenvalue weighted by Crippen LogP contribution is 2.17. The first-order valence-electron chi connectivity index (χ1n) is 5.93. The minimum Gasteiger partial charge on any atom is -0.423 e. The van der Waals surface area contributed by atoms with Gasteiger partial charge in [0.1, 0.15) is 5.75 Å². The van der Waals surface area contributed by atoms with Gasteiger partial charge in [-0.15, -0.1) is 0 Å². The van der Waals surface area contributed by atoms with E-state index in [0.717, 1.165) is 18.9 Å². The number of ether oxygens (including phenoxy) is 1. The zero-order valence-corrected chi connectivity index (χ0v) is 11.6. The van der Waals surface area contributed by atoms with Gasteiger partial charge < -0.3 is 4.74 Å². The third-order valence-corrected chi connectivity index (χ3v) is 3.78. The molecule has 19 heavy (non-hydrogen) atoms. The molecule has 0 atom stereocenters. The smallest absolute Gasteiger partial charge is 0.335 e. The van der Waals surface area contributed by atoms with Gasteiger partial charge in [-0.05, 0) is 18.6 Å². The summed E-state index contributed by atoms with van der Waals surface area (Å²) in [5.41, 5.74) is 0. The van der Waals surface area contributed by atoms with Gasteiger partial charge in [-0.25, -0.2) is 17.9 Å². The Morgan fingerprint density at radius 1 is 1.47 bits per heavy atom. The number of benzene rings is 1. The van der Waals surface area contributed by atoms with Gasteiger partial charge in [-0.1, -0.05) is 26.0 Å². The summed E-state index contributed by atoms with van der Waals surface area (Å²) in [5, 5.41) is 0. The Bertz CT molecular complexity index is 552. The van der Waals surface area contributed by atoms with Crippen molar-refractivity contribution in [1.29, 1.82) is 0 Å². The van der Waals surface area contributed by atoms with Crippen LogP contribution in [0.15, 0.2) is 41.8 Å². The average molecular weight is 283 g/mol. The number of hydrogen-bond donors (Lipinski definition) is 1. The van der Waals surface area contributed by atoms with Crippen molar-refractivity contribution in [1.82, 2.24) is 4.72 Å². The van der Waals surface area contributed by atoms with Crippen molar-refractivity contribution >= 4 is 16.0 Å². The molecule has 104 valence electrons. The second-order valence-corrected chi connectivity index (χ2v) is 5.62. The lowest BCUT2D eigenvalue weighted by molar-refractivity contribution is -0.128. The van der Waals surface area contributed by atoms with Crippen LogP contribution in [0.2, 0.25) is 0 Å². The minimum absolute atomic E-state index is 0.0676. The van der Waals surface area contributed by atoms with Crippen molar-refractivity contribution < 1.29 is 17.9 Å². The highest BCUT2D eigenvalue weighted by atomic mass is 32.2. The SMILES string of the molecule is C=CC(=O)Oc1cccc(S(=O)(=O)NCCCC)c1. The van der Waals surface area contributed by atoms with Gasteiger partial charge in [-0.3, -0.25) is 0 Å². The van der Waals surface area contributed by atoms with E-state index in [1.807, 2.05) is 6.92 Å². The summed E-state index contributed by atoms with van der Waals surface area (Å²) in [7, 11) is -3.56. The average Bonchev–Trinajstić information content (AvgIpc) is 2.39. The Balaban J connectivity index is 2.85. The summed E-state index contributed by atoms with van der Waals surface area (Å²) in [6.07, 6.45) is 2.69. The molecule has 0 bridgehead atoms. The monoisotopic (exact) mass is 283 g/mol. The molecule has 0 amide bonds. The van der Waals surface area contributed by atoms with Crippen molar-refractivity contribution in [2.45, 2.75) is 24.7 Å². The predicted octanol–water partition coefficient (Wildman–Crippen LogP) is 1.86.